The van der Waals surface area contributed by atoms with E-state index >= 15 is 0 Å². The van der Waals surface area contributed by atoms with Crippen LogP contribution in [0.4, 0.5) is 10.5 Å². The van der Waals surface area contributed by atoms with Crippen LogP contribution < -0.4 is 9.64 Å². The fraction of sp³-hybridized carbons (Fsp3) is 0.391. The summed E-state index contributed by atoms with van der Waals surface area (Å²) >= 11 is 0. The van der Waals surface area contributed by atoms with Gasteiger partial charge >= 0.3 is 6.03 Å². The first-order valence-corrected chi connectivity index (χ1v) is 10.5. The number of amides is 3. The van der Waals surface area contributed by atoms with Gasteiger partial charge in [-0.1, -0.05) is 23.4 Å². The highest BCUT2D eigenvalue weighted by atomic mass is 16.5. The molecule has 32 heavy (non-hydrogen) atoms. The van der Waals surface area contributed by atoms with E-state index in [1.807, 2.05) is 38.1 Å². The van der Waals surface area contributed by atoms with E-state index in [2.05, 4.69) is 10.3 Å². The van der Waals surface area contributed by atoms with Crippen molar-refractivity contribution in [1.29, 1.82) is 0 Å². The summed E-state index contributed by atoms with van der Waals surface area (Å²) in [6, 6.07) is 7.33. The first-order chi connectivity index (χ1) is 15.2. The van der Waals surface area contributed by atoms with E-state index in [0.717, 1.165) is 28.3 Å². The van der Waals surface area contributed by atoms with E-state index in [4.69, 9.17) is 9.26 Å². The average molecular weight is 438 g/mol. The maximum absolute atomic E-state index is 13.3. The van der Waals surface area contributed by atoms with Gasteiger partial charge in [-0.05, 0) is 45.7 Å². The zero-order chi connectivity index (χ0) is 23.0. The number of carbonyl (C=O) groups is 2. The molecule has 0 atom stereocenters. The number of aromatic nitrogens is 3. The SMILES string of the molecule is COc1ccccc1CCN1C(=O)N(c2cnn(Cc3c(C)noc3C)c2)C(=O)C1(C)C. The normalized spacial score (nSPS) is 15.7. The van der Waals surface area contributed by atoms with Gasteiger partial charge in [0.05, 0.1) is 31.2 Å². The predicted octanol–water partition coefficient (Wildman–Crippen LogP) is 3.33. The monoisotopic (exact) mass is 437 g/mol. The van der Waals surface area contributed by atoms with Crippen molar-refractivity contribution in [3.8, 4) is 5.75 Å². The lowest BCUT2D eigenvalue weighted by atomic mass is 10.0. The summed E-state index contributed by atoms with van der Waals surface area (Å²) in [5, 5.41) is 8.30. The van der Waals surface area contributed by atoms with Crippen molar-refractivity contribution in [1.82, 2.24) is 19.8 Å². The summed E-state index contributed by atoms with van der Waals surface area (Å²) in [5.41, 5.74) is 2.17. The zero-order valence-electron chi connectivity index (χ0n) is 19.0. The fourth-order valence-electron chi connectivity index (χ4n) is 4.02. The Labute approximate surface area is 186 Å². The van der Waals surface area contributed by atoms with Crippen LogP contribution >= 0.6 is 0 Å². The lowest BCUT2D eigenvalue weighted by Crippen LogP contribution is -2.45. The number of nitrogens with zero attached hydrogens (tertiary/aromatic N) is 5. The Morgan fingerprint density at radius 3 is 2.59 bits per heavy atom. The quantitative estimate of drug-likeness (QED) is 0.526. The Morgan fingerprint density at radius 1 is 1.16 bits per heavy atom. The van der Waals surface area contributed by atoms with Crippen LogP contribution in [0.25, 0.3) is 0 Å². The highest BCUT2D eigenvalue weighted by molar-refractivity contribution is 6.22. The second-order valence-corrected chi connectivity index (χ2v) is 8.39. The molecule has 0 radical (unpaired) electrons. The third kappa shape index (κ3) is 3.63. The summed E-state index contributed by atoms with van der Waals surface area (Å²) in [7, 11) is 1.62. The summed E-state index contributed by atoms with van der Waals surface area (Å²) in [4.78, 5) is 29.3. The van der Waals surface area contributed by atoms with E-state index in [0.29, 0.717) is 25.2 Å². The van der Waals surface area contributed by atoms with Gasteiger partial charge in [0.1, 0.15) is 17.0 Å². The minimum Gasteiger partial charge on any atom is -0.496 e. The third-order valence-corrected chi connectivity index (χ3v) is 6.00. The van der Waals surface area contributed by atoms with E-state index in [1.54, 1.807) is 36.7 Å². The molecule has 3 amide bonds. The number of carbonyl (C=O) groups excluding carboxylic acids is 2. The summed E-state index contributed by atoms with van der Waals surface area (Å²) in [6.45, 7) is 8.08. The first kappa shape index (κ1) is 21.6. The Morgan fingerprint density at radius 2 is 1.91 bits per heavy atom. The molecular weight excluding hydrogens is 410 g/mol. The lowest BCUT2D eigenvalue weighted by molar-refractivity contribution is -0.123. The number of benzene rings is 1. The fourth-order valence-corrected chi connectivity index (χ4v) is 4.02. The van der Waals surface area contributed by atoms with Gasteiger partial charge in [0.25, 0.3) is 5.91 Å². The number of methoxy groups -OCH3 is 1. The van der Waals surface area contributed by atoms with Crippen LogP contribution in [0.15, 0.2) is 41.2 Å². The topological polar surface area (TPSA) is 93.7 Å². The molecule has 0 N–H and O–H groups in total. The summed E-state index contributed by atoms with van der Waals surface area (Å²) in [5.74, 6) is 1.21. The number of rotatable bonds is 7. The maximum Gasteiger partial charge on any atom is 0.332 e. The molecule has 168 valence electrons. The largest absolute Gasteiger partial charge is 0.496 e. The minimum atomic E-state index is -0.969. The van der Waals surface area contributed by atoms with Crippen LogP contribution in [0.2, 0.25) is 0 Å². The van der Waals surface area contributed by atoms with Gasteiger partial charge in [-0.25, -0.2) is 9.69 Å². The second-order valence-electron chi connectivity index (χ2n) is 8.39. The third-order valence-electron chi connectivity index (χ3n) is 6.00. The molecule has 9 heteroatoms. The molecule has 1 saturated heterocycles. The van der Waals surface area contributed by atoms with Crippen LogP contribution in [0.1, 0.15) is 36.4 Å². The maximum atomic E-state index is 13.3. The highest BCUT2D eigenvalue weighted by Crippen LogP contribution is 2.32. The zero-order valence-corrected chi connectivity index (χ0v) is 19.0. The van der Waals surface area contributed by atoms with Gasteiger partial charge in [0.2, 0.25) is 0 Å². The van der Waals surface area contributed by atoms with Crippen LogP contribution in [0, 0.1) is 13.8 Å². The van der Waals surface area contributed by atoms with E-state index in [1.165, 1.54) is 11.1 Å². The van der Waals surface area contributed by atoms with Crippen molar-refractivity contribution < 1.29 is 18.8 Å². The Balaban J connectivity index is 1.54. The molecule has 0 bridgehead atoms. The predicted molar refractivity (Wildman–Crippen MR) is 118 cm³/mol. The van der Waals surface area contributed by atoms with Crippen molar-refractivity contribution in [2.24, 2.45) is 0 Å². The van der Waals surface area contributed by atoms with Crippen molar-refractivity contribution in [3.63, 3.8) is 0 Å². The molecule has 2 aromatic heterocycles. The number of hydrogen-bond acceptors (Lipinski definition) is 6. The van der Waals surface area contributed by atoms with Gasteiger partial charge in [-0.2, -0.15) is 5.10 Å². The van der Waals surface area contributed by atoms with Crippen molar-refractivity contribution >= 4 is 17.6 Å². The average Bonchev–Trinajstić information content (AvgIpc) is 3.40. The van der Waals surface area contributed by atoms with Gasteiger partial charge < -0.3 is 14.2 Å². The first-order valence-electron chi connectivity index (χ1n) is 10.5. The molecule has 1 aromatic carbocycles. The summed E-state index contributed by atoms with van der Waals surface area (Å²) in [6.07, 6.45) is 3.81. The number of hydrogen-bond donors (Lipinski definition) is 0. The van der Waals surface area contributed by atoms with Gasteiger partial charge in [-0.15, -0.1) is 0 Å². The molecule has 1 aliphatic rings. The molecule has 4 rings (SSSR count). The smallest absolute Gasteiger partial charge is 0.332 e. The number of ether oxygens (including phenoxy) is 1. The number of anilines is 1. The van der Waals surface area contributed by atoms with Crippen molar-refractivity contribution in [2.75, 3.05) is 18.6 Å². The lowest BCUT2D eigenvalue weighted by Gasteiger charge is -2.27. The van der Waals surface area contributed by atoms with Crippen LogP contribution in [-0.4, -0.2) is 51.0 Å². The molecule has 0 spiro atoms. The van der Waals surface area contributed by atoms with Crippen LogP contribution in [-0.2, 0) is 17.8 Å². The highest BCUT2D eigenvalue weighted by Gasteiger charge is 2.51. The number of imide groups is 1. The van der Waals surface area contributed by atoms with Gasteiger partial charge in [0, 0.05) is 18.3 Å². The molecule has 1 fully saturated rings. The molecule has 0 unspecified atom stereocenters. The minimum absolute atomic E-state index is 0.278. The van der Waals surface area contributed by atoms with Crippen molar-refractivity contribution in [2.45, 2.75) is 46.2 Å². The van der Waals surface area contributed by atoms with Crippen LogP contribution in [0.3, 0.4) is 0 Å². The standard InChI is InChI=1S/C23H27N5O4/c1-15-19(16(2)32-25-15)14-26-13-18(12-24-26)28-21(29)23(3,4)27(22(28)30)11-10-17-8-6-7-9-20(17)31-5/h6-9,12-13H,10-11,14H2,1-5H3. The molecule has 3 heterocycles. The molecular formula is C23H27N5O4. The Bertz CT molecular complexity index is 1140. The van der Waals surface area contributed by atoms with E-state index in [9.17, 15) is 9.59 Å². The van der Waals surface area contributed by atoms with Gasteiger partial charge in [-0.3, -0.25) is 9.48 Å². The number of aryl methyl sites for hydroxylation is 2. The molecule has 0 saturated carbocycles. The Kier molecular flexibility index (Phi) is 5.50. The molecule has 3 aromatic rings. The molecule has 9 nitrogen and oxygen atoms in total. The second kappa shape index (κ2) is 8.14. The Hall–Kier alpha value is -3.62. The summed E-state index contributed by atoms with van der Waals surface area (Å²) < 4.78 is 12.3. The van der Waals surface area contributed by atoms with E-state index in [-0.39, 0.29) is 11.9 Å². The van der Waals surface area contributed by atoms with E-state index < -0.39 is 5.54 Å². The van der Waals surface area contributed by atoms with Crippen molar-refractivity contribution in [3.05, 3.63) is 59.2 Å². The number of para-hydroxylation sites is 1. The van der Waals surface area contributed by atoms with Gasteiger partial charge in [0.15, 0.2) is 0 Å². The van der Waals surface area contributed by atoms with Crippen LogP contribution in [0.5, 0.6) is 5.75 Å². The molecule has 0 aliphatic carbocycles. The molecule has 1 aliphatic heterocycles. The number of urea groups is 1.